The second kappa shape index (κ2) is 10.3. The van der Waals surface area contributed by atoms with E-state index in [1.54, 1.807) is 0 Å². The lowest BCUT2D eigenvalue weighted by molar-refractivity contribution is -0.0503. The number of morpholine rings is 1. The molecule has 1 saturated heterocycles. The van der Waals surface area contributed by atoms with Crippen LogP contribution in [0.4, 0.5) is 18.4 Å². The summed E-state index contributed by atoms with van der Waals surface area (Å²) < 4.78 is 60.2. The minimum Gasteiger partial charge on any atom is -0.435 e. The molecule has 3 rings (SSSR count). The Hall–Kier alpha value is -2.98. The first-order valence-corrected chi connectivity index (χ1v) is 12.1. The Bertz CT molecular complexity index is 1020. The third-order valence-corrected chi connectivity index (χ3v) is 6.81. The predicted octanol–water partition coefficient (Wildman–Crippen LogP) is 1.72. The average molecular weight is 486 g/mol. The number of carbonyl (C=O) groups excluding carboxylic acids is 2. The molecule has 1 heterocycles. The fourth-order valence-electron chi connectivity index (χ4n) is 3.24. The number of hydrogen-bond acceptors (Lipinski definition) is 7. The largest absolute Gasteiger partial charge is 0.435 e. The first-order chi connectivity index (χ1) is 15.6. The number of nitriles is 1. The molecule has 1 aliphatic carbocycles. The molecule has 0 aromatic heterocycles. The van der Waals surface area contributed by atoms with Crippen molar-refractivity contribution >= 4 is 21.9 Å². The van der Waals surface area contributed by atoms with E-state index < -0.39 is 52.1 Å². The minimum atomic E-state index is -3.93. The van der Waals surface area contributed by atoms with Gasteiger partial charge in [0.25, 0.3) is 0 Å². The smallest absolute Gasteiger partial charge is 0.387 e. The lowest BCUT2D eigenvalue weighted by Crippen LogP contribution is -2.55. The third kappa shape index (κ3) is 6.75. The number of nitrogens with zero attached hydrogens (tertiary/aromatic N) is 3. The molecular formula is C20H24F2N4O6S. The molecule has 0 radical (unpaired) electrons. The molecule has 1 N–H and O–H groups in total. The van der Waals surface area contributed by atoms with Gasteiger partial charge in [0.15, 0.2) is 9.84 Å². The van der Waals surface area contributed by atoms with E-state index in [0.29, 0.717) is 12.8 Å². The van der Waals surface area contributed by atoms with E-state index in [2.05, 4.69) is 10.1 Å². The number of sulfone groups is 1. The van der Waals surface area contributed by atoms with E-state index in [-0.39, 0.29) is 37.6 Å². The number of hydrogen-bond donors (Lipinski definition) is 1. The number of ether oxygens (including phenoxy) is 2. The van der Waals surface area contributed by atoms with Gasteiger partial charge in [0, 0.05) is 25.2 Å². The van der Waals surface area contributed by atoms with Crippen LogP contribution in [-0.2, 0) is 20.3 Å². The van der Waals surface area contributed by atoms with Gasteiger partial charge in [0.1, 0.15) is 11.3 Å². The maximum Gasteiger partial charge on any atom is 0.387 e. The van der Waals surface area contributed by atoms with Crippen LogP contribution in [0.3, 0.4) is 0 Å². The first kappa shape index (κ1) is 24.7. The third-order valence-electron chi connectivity index (χ3n) is 5.26. The summed E-state index contributed by atoms with van der Waals surface area (Å²) in [7, 11) is -3.93. The summed E-state index contributed by atoms with van der Waals surface area (Å²) in [6.07, 6.45) is 0.877. The number of alkyl halides is 2. The van der Waals surface area contributed by atoms with Gasteiger partial charge in [-0.2, -0.15) is 14.0 Å². The van der Waals surface area contributed by atoms with Crippen molar-refractivity contribution in [2.75, 3.05) is 38.6 Å². The molecule has 1 saturated carbocycles. The Kier molecular flexibility index (Phi) is 7.70. The molecule has 10 nitrogen and oxygen atoms in total. The van der Waals surface area contributed by atoms with Crippen molar-refractivity contribution in [2.24, 2.45) is 0 Å². The van der Waals surface area contributed by atoms with Gasteiger partial charge in [-0.05, 0) is 18.9 Å². The van der Waals surface area contributed by atoms with Crippen molar-refractivity contribution < 1.29 is 36.3 Å². The Labute approximate surface area is 189 Å². The Morgan fingerprint density at radius 1 is 1.27 bits per heavy atom. The molecule has 0 unspecified atom stereocenters. The minimum absolute atomic E-state index is 0.0368. The SMILES string of the molecule is N#CC1(NC(=O)N(CCS(=O)(=O)Cc2ccccc2OC(F)F)C(=O)N2CCOCC2)CC1. The number of nitrogens with one attached hydrogen (secondary N) is 1. The quantitative estimate of drug-likeness (QED) is 0.592. The summed E-state index contributed by atoms with van der Waals surface area (Å²) in [6.45, 7) is -2.56. The molecule has 2 aliphatic rings. The molecule has 0 atom stereocenters. The van der Waals surface area contributed by atoms with E-state index in [9.17, 15) is 32.0 Å². The number of para-hydroxylation sites is 1. The summed E-state index contributed by atoms with van der Waals surface area (Å²) in [5.41, 5.74) is -1.01. The molecule has 2 fully saturated rings. The predicted molar refractivity (Wildman–Crippen MR) is 111 cm³/mol. The molecule has 1 aromatic carbocycles. The number of imide groups is 1. The van der Waals surface area contributed by atoms with Crippen LogP contribution in [0.5, 0.6) is 5.75 Å². The number of amides is 4. The maximum absolute atomic E-state index is 12.9. The second-order valence-electron chi connectivity index (χ2n) is 7.74. The van der Waals surface area contributed by atoms with Crippen LogP contribution >= 0.6 is 0 Å². The fourth-order valence-corrected chi connectivity index (χ4v) is 4.56. The monoisotopic (exact) mass is 486 g/mol. The van der Waals surface area contributed by atoms with Gasteiger partial charge < -0.3 is 19.7 Å². The van der Waals surface area contributed by atoms with Gasteiger partial charge >= 0.3 is 18.7 Å². The highest BCUT2D eigenvalue weighted by Gasteiger charge is 2.46. The Morgan fingerprint density at radius 3 is 2.55 bits per heavy atom. The Morgan fingerprint density at radius 2 is 1.94 bits per heavy atom. The van der Waals surface area contributed by atoms with Gasteiger partial charge in [-0.15, -0.1) is 0 Å². The Balaban J connectivity index is 1.72. The molecule has 4 amide bonds. The highest BCUT2D eigenvalue weighted by molar-refractivity contribution is 7.90. The summed E-state index contributed by atoms with van der Waals surface area (Å²) in [5, 5.41) is 11.7. The van der Waals surface area contributed by atoms with Crippen molar-refractivity contribution in [3.63, 3.8) is 0 Å². The lowest BCUT2D eigenvalue weighted by atomic mass is 10.2. The van der Waals surface area contributed by atoms with Crippen molar-refractivity contribution in [3.8, 4) is 11.8 Å². The maximum atomic E-state index is 12.9. The van der Waals surface area contributed by atoms with Crippen LogP contribution in [0, 0.1) is 11.3 Å². The number of urea groups is 2. The van der Waals surface area contributed by atoms with Gasteiger partial charge in [0.2, 0.25) is 0 Å². The molecule has 1 aromatic rings. The zero-order valence-electron chi connectivity index (χ0n) is 17.7. The molecule has 0 spiro atoms. The zero-order valence-corrected chi connectivity index (χ0v) is 18.5. The fraction of sp³-hybridized carbons (Fsp3) is 0.550. The second-order valence-corrected chi connectivity index (χ2v) is 9.92. The van der Waals surface area contributed by atoms with Crippen LogP contribution in [0.15, 0.2) is 24.3 Å². The molecule has 0 bridgehead atoms. The molecule has 33 heavy (non-hydrogen) atoms. The summed E-state index contributed by atoms with van der Waals surface area (Å²) in [5.74, 6) is -1.47. The highest BCUT2D eigenvalue weighted by Crippen LogP contribution is 2.34. The van der Waals surface area contributed by atoms with Crippen molar-refractivity contribution in [3.05, 3.63) is 29.8 Å². The molecule has 13 heteroatoms. The van der Waals surface area contributed by atoms with E-state index in [0.717, 1.165) is 4.90 Å². The lowest BCUT2D eigenvalue weighted by Gasteiger charge is -2.32. The summed E-state index contributed by atoms with van der Waals surface area (Å²) >= 11 is 0. The van der Waals surface area contributed by atoms with Crippen LogP contribution in [0.2, 0.25) is 0 Å². The van der Waals surface area contributed by atoms with Crippen LogP contribution in [0.1, 0.15) is 18.4 Å². The molecule has 1 aliphatic heterocycles. The standard InChI is InChI=1S/C20H24F2N4O6S/c21-17(22)32-16-4-2-1-3-15(16)13-33(29,30)12-9-26(18(27)24-20(14-23)5-6-20)19(28)25-7-10-31-11-8-25/h1-4,17H,5-13H2,(H,24,27). The van der Waals surface area contributed by atoms with Crippen LogP contribution in [0.25, 0.3) is 0 Å². The highest BCUT2D eigenvalue weighted by atomic mass is 32.2. The average Bonchev–Trinajstić information content (AvgIpc) is 3.55. The topological polar surface area (TPSA) is 129 Å². The van der Waals surface area contributed by atoms with Gasteiger partial charge in [-0.1, -0.05) is 18.2 Å². The zero-order chi connectivity index (χ0) is 24.1. The van der Waals surface area contributed by atoms with E-state index in [4.69, 9.17) is 4.74 Å². The normalized spacial score (nSPS) is 17.2. The van der Waals surface area contributed by atoms with Crippen molar-refractivity contribution in [2.45, 2.75) is 30.7 Å². The molecule has 180 valence electrons. The number of carbonyl (C=O) groups is 2. The van der Waals surface area contributed by atoms with Gasteiger partial charge in [-0.3, -0.25) is 0 Å². The molecular weight excluding hydrogens is 462 g/mol. The van der Waals surface area contributed by atoms with Crippen molar-refractivity contribution in [1.82, 2.24) is 15.1 Å². The number of rotatable bonds is 8. The number of benzene rings is 1. The summed E-state index contributed by atoms with van der Waals surface area (Å²) in [4.78, 5) is 27.9. The van der Waals surface area contributed by atoms with E-state index >= 15 is 0 Å². The van der Waals surface area contributed by atoms with Crippen LogP contribution in [-0.4, -0.2) is 81.0 Å². The first-order valence-electron chi connectivity index (χ1n) is 10.3. The summed E-state index contributed by atoms with van der Waals surface area (Å²) in [6, 6.07) is 5.94. The number of halogens is 2. The van der Waals surface area contributed by atoms with E-state index in [1.165, 1.54) is 29.2 Å². The van der Waals surface area contributed by atoms with E-state index in [1.807, 2.05) is 6.07 Å². The van der Waals surface area contributed by atoms with Crippen molar-refractivity contribution in [1.29, 1.82) is 5.26 Å². The van der Waals surface area contributed by atoms with Crippen LogP contribution < -0.4 is 10.1 Å². The van der Waals surface area contributed by atoms with Gasteiger partial charge in [-0.25, -0.2) is 22.9 Å². The van der Waals surface area contributed by atoms with Gasteiger partial charge in [0.05, 0.1) is 30.8 Å².